The van der Waals surface area contributed by atoms with Crippen molar-refractivity contribution >= 4 is 74.6 Å². The predicted molar refractivity (Wildman–Crippen MR) is 224 cm³/mol. The van der Waals surface area contributed by atoms with Crippen molar-refractivity contribution in [2.45, 2.75) is 0 Å². The largest absolute Gasteiger partial charge is 0.208 e. The number of hydrogen-bond donors (Lipinski definition) is 0. The van der Waals surface area contributed by atoms with Crippen LogP contribution in [0, 0.1) is 0 Å². The fourth-order valence-electron chi connectivity index (χ4n) is 8.16. The van der Waals surface area contributed by atoms with Gasteiger partial charge in [-0.25, -0.2) is 15.0 Å². The van der Waals surface area contributed by atoms with Crippen molar-refractivity contribution in [2.75, 3.05) is 0 Å². The van der Waals surface area contributed by atoms with Gasteiger partial charge in [0.25, 0.3) is 0 Å². The van der Waals surface area contributed by atoms with E-state index < -0.39 is 0 Å². The summed E-state index contributed by atoms with van der Waals surface area (Å²) in [5.41, 5.74) is 5.33. The van der Waals surface area contributed by atoms with Crippen molar-refractivity contribution in [1.82, 2.24) is 15.0 Å². The van der Waals surface area contributed by atoms with Crippen LogP contribution in [0.4, 0.5) is 0 Å². The summed E-state index contributed by atoms with van der Waals surface area (Å²) in [6, 6.07) is 62.5. The van der Waals surface area contributed by atoms with Gasteiger partial charge in [0.15, 0.2) is 17.5 Å². The number of thiophene rings is 1. The third kappa shape index (κ3) is 4.70. The van der Waals surface area contributed by atoms with Crippen LogP contribution in [0.1, 0.15) is 0 Å². The van der Waals surface area contributed by atoms with Crippen LogP contribution in [0.3, 0.4) is 0 Å². The SMILES string of the molecule is c1ccc(-c2nc(-c3ccccc3)nc(-c3c4ccccc4c(-c4ccc5c(c4)sc4c6ccccc6c6ccccc6c54)c4ccccc34)n2)cc1. The van der Waals surface area contributed by atoms with Gasteiger partial charge >= 0.3 is 0 Å². The van der Waals surface area contributed by atoms with E-state index in [1.807, 2.05) is 47.7 Å². The molecule has 0 spiro atoms. The lowest BCUT2D eigenvalue weighted by molar-refractivity contribution is 1.08. The average Bonchev–Trinajstić information content (AvgIpc) is 3.63. The van der Waals surface area contributed by atoms with Crippen LogP contribution in [-0.4, -0.2) is 15.0 Å². The summed E-state index contributed by atoms with van der Waals surface area (Å²) in [6.07, 6.45) is 0. The summed E-state index contributed by atoms with van der Waals surface area (Å²) in [6.45, 7) is 0. The van der Waals surface area contributed by atoms with Gasteiger partial charge in [0.1, 0.15) is 0 Å². The van der Waals surface area contributed by atoms with Gasteiger partial charge in [-0.2, -0.15) is 0 Å². The maximum atomic E-state index is 5.20. The van der Waals surface area contributed by atoms with Crippen molar-refractivity contribution in [2.24, 2.45) is 0 Å². The molecule has 11 aromatic rings. The Labute approximate surface area is 309 Å². The summed E-state index contributed by atoms with van der Waals surface area (Å²) in [4.78, 5) is 15.4. The molecule has 0 atom stereocenters. The zero-order valence-electron chi connectivity index (χ0n) is 28.5. The van der Waals surface area contributed by atoms with Crippen molar-refractivity contribution in [3.63, 3.8) is 0 Å². The van der Waals surface area contributed by atoms with Crippen LogP contribution < -0.4 is 0 Å². The number of rotatable bonds is 4. The molecule has 0 amide bonds. The van der Waals surface area contributed by atoms with E-state index in [-0.39, 0.29) is 0 Å². The van der Waals surface area contributed by atoms with Crippen molar-refractivity contribution in [3.8, 4) is 45.3 Å². The molecule has 0 aliphatic carbocycles. The number of aromatic nitrogens is 3. The molecule has 0 saturated carbocycles. The van der Waals surface area contributed by atoms with E-state index in [0.717, 1.165) is 27.5 Å². The summed E-state index contributed by atoms with van der Waals surface area (Å²) < 4.78 is 2.63. The first-order chi connectivity index (χ1) is 26.3. The van der Waals surface area contributed by atoms with Crippen LogP contribution in [0.25, 0.3) is 109 Å². The lowest BCUT2D eigenvalue weighted by atomic mass is 9.87. The van der Waals surface area contributed by atoms with Crippen molar-refractivity contribution in [3.05, 3.63) is 176 Å². The van der Waals surface area contributed by atoms with E-state index in [9.17, 15) is 0 Å². The van der Waals surface area contributed by atoms with Gasteiger partial charge < -0.3 is 0 Å². The third-order valence-electron chi connectivity index (χ3n) is 10.5. The Bertz CT molecular complexity index is 3110. The smallest absolute Gasteiger partial charge is 0.165 e. The summed E-state index contributed by atoms with van der Waals surface area (Å²) in [7, 11) is 0. The topological polar surface area (TPSA) is 38.7 Å². The van der Waals surface area contributed by atoms with Gasteiger partial charge in [-0.05, 0) is 54.9 Å². The molecule has 53 heavy (non-hydrogen) atoms. The first-order valence-corrected chi connectivity index (χ1v) is 18.7. The zero-order valence-corrected chi connectivity index (χ0v) is 29.3. The molecule has 0 radical (unpaired) electrons. The van der Waals surface area contributed by atoms with Crippen LogP contribution >= 0.6 is 11.3 Å². The number of nitrogens with zero attached hydrogens (tertiary/aromatic N) is 3. The maximum Gasteiger partial charge on any atom is 0.165 e. The highest BCUT2D eigenvalue weighted by atomic mass is 32.1. The average molecular weight is 692 g/mol. The van der Waals surface area contributed by atoms with Crippen molar-refractivity contribution < 1.29 is 0 Å². The highest BCUT2D eigenvalue weighted by Crippen LogP contribution is 2.47. The monoisotopic (exact) mass is 691 g/mol. The molecule has 11 rings (SSSR count). The Hall–Kier alpha value is -6.75. The standard InChI is InChI=1S/C49H29N3S/c1-3-15-30(16-4-1)47-50-48(31-17-5-2-6-18-31)52-49(51-47)45-38-24-12-10-22-36(38)43(37-23-11-13-25-39(37)45)32-27-28-41-42(29-32)53-46-40-26-14-8-20-34(40)33-19-7-9-21-35(33)44(41)46/h1-29H. The molecule has 0 saturated heterocycles. The van der Waals surface area contributed by atoms with Gasteiger partial charge in [-0.3, -0.25) is 0 Å². The van der Waals surface area contributed by atoms with Crippen LogP contribution in [0.5, 0.6) is 0 Å². The van der Waals surface area contributed by atoms with Gasteiger partial charge in [0.05, 0.1) is 0 Å². The van der Waals surface area contributed by atoms with Gasteiger partial charge in [-0.15, -0.1) is 11.3 Å². The van der Waals surface area contributed by atoms with Gasteiger partial charge in [0, 0.05) is 42.2 Å². The molecule has 0 unspecified atom stereocenters. The number of fused-ring (bicyclic) bond motifs is 10. The lowest BCUT2D eigenvalue weighted by Gasteiger charge is -2.17. The second-order valence-corrected chi connectivity index (χ2v) is 14.5. The number of benzene rings is 9. The van der Waals surface area contributed by atoms with E-state index in [1.165, 1.54) is 63.6 Å². The van der Waals surface area contributed by atoms with E-state index >= 15 is 0 Å². The lowest BCUT2D eigenvalue weighted by Crippen LogP contribution is -2.01. The highest BCUT2D eigenvalue weighted by molar-refractivity contribution is 7.27. The molecule has 0 aliphatic rings. The molecule has 3 nitrogen and oxygen atoms in total. The molecule has 0 N–H and O–H groups in total. The molecule has 2 aromatic heterocycles. The van der Waals surface area contributed by atoms with Crippen LogP contribution in [0.15, 0.2) is 176 Å². The van der Waals surface area contributed by atoms with Crippen LogP contribution in [0.2, 0.25) is 0 Å². The molecule has 2 heterocycles. The first kappa shape index (κ1) is 29.9. The summed E-state index contributed by atoms with van der Waals surface area (Å²) >= 11 is 1.90. The summed E-state index contributed by atoms with van der Waals surface area (Å²) in [5, 5.41) is 12.4. The molecular formula is C49H29N3S. The van der Waals surface area contributed by atoms with E-state index in [1.54, 1.807) is 0 Å². The molecule has 0 fully saturated rings. The Morgan fingerprint density at radius 2 is 0.736 bits per heavy atom. The molecule has 0 aliphatic heterocycles. The van der Waals surface area contributed by atoms with Crippen LogP contribution in [-0.2, 0) is 0 Å². The van der Waals surface area contributed by atoms with E-state index in [2.05, 4.69) is 140 Å². The molecule has 246 valence electrons. The highest BCUT2D eigenvalue weighted by Gasteiger charge is 2.21. The van der Waals surface area contributed by atoms with E-state index in [4.69, 9.17) is 15.0 Å². The van der Waals surface area contributed by atoms with E-state index in [0.29, 0.717) is 17.5 Å². The van der Waals surface area contributed by atoms with Gasteiger partial charge in [0.2, 0.25) is 0 Å². The van der Waals surface area contributed by atoms with Gasteiger partial charge in [-0.1, -0.05) is 170 Å². The second-order valence-electron chi connectivity index (χ2n) is 13.5. The first-order valence-electron chi connectivity index (χ1n) is 17.9. The second kappa shape index (κ2) is 11.9. The minimum Gasteiger partial charge on any atom is -0.208 e. The fourth-order valence-corrected chi connectivity index (χ4v) is 9.46. The van der Waals surface area contributed by atoms with Crippen molar-refractivity contribution in [1.29, 1.82) is 0 Å². The number of hydrogen-bond acceptors (Lipinski definition) is 4. The summed E-state index contributed by atoms with van der Waals surface area (Å²) in [5.74, 6) is 1.97. The Morgan fingerprint density at radius 1 is 0.302 bits per heavy atom. The molecule has 9 aromatic carbocycles. The molecule has 4 heteroatoms. The normalized spacial score (nSPS) is 11.8. The molecule has 0 bridgehead atoms. The quantitative estimate of drug-likeness (QED) is 0.136. The third-order valence-corrected chi connectivity index (χ3v) is 11.7. The Morgan fingerprint density at radius 3 is 1.30 bits per heavy atom. The Kier molecular flexibility index (Phi) is 6.73. The minimum atomic E-state index is 0.655. The molecular weight excluding hydrogens is 663 g/mol. The maximum absolute atomic E-state index is 5.20. The fraction of sp³-hybridized carbons (Fsp3) is 0. The zero-order chi connectivity index (χ0) is 34.9. The minimum absolute atomic E-state index is 0.655. The Balaban J connectivity index is 1.19. The predicted octanol–water partition coefficient (Wildman–Crippen LogP) is 13.5.